The normalized spacial score (nSPS) is 25.2. The number of esters is 1. The SMILES string of the molecule is CCS(=O)(=O)N1CCN(c2ccc(C3(C(=O)N4CCC5(C4)OC(=O)c4ccccc45)CC3)cn2)CC1. The summed E-state index contributed by atoms with van der Waals surface area (Å²) in [6, 6.07) is 11.4. The largest absolute Gasteiger partial charge is 0.449 e. The molecule has 1 saturated carbocycles. The van der Waals surface area contributed by atoms with Crippen LogP contribution in [0.15, 0.2) is 42.6 Å². The fraction of sp³-hybridized carbons (Fsp3) is 0.500. The number of benzene rings is 1. The lowest BCUT2D eigenvalue weighted by atomic mass is 9.91. The number of anilines is 1. The number of amides is 1. The highest BCUT2D eigenvalue weighted by molar-refractivity contribution is 7.89. The predicted molar refractivity (Wildman–Crippen MR) is 133 cm³/mol. The summed E-state index contributed by atoms with van der Waals surface area (Å²) in [5.74, 6) is 0.676. The monoisotopic (exact) mass is 510 g/mol. The van der Waals surface area contributed by atoms with E-state index in [1.165, 1.54) is 0 Å². The van der Waals surface area contributed by atoms with Crippen LogP contribution < -0.4 is 4.90 Å². The maximum absolute atomic E-state index is 13.7. The molecule has 1 aliphatic carbocycles. The second-order valence-electron chi connectivity index (χ2n) is 10.2. The number of piperazine rings is 1. The highest BCUT2D eigenvalue weighted by Gasteiger charge is 2.57. The summed E-state index contributed by atoms with van der Waals surface area (Å²) in [7, 11) is -3.17. The van der Waals surface area contributed by atoms with E-state index in [9.17, 15) is 18.0 Å². The van der Waals surface area contributed by atoms with Gasteiger partial charge in [0.05, 0.1) is 23.3 Å². The summed E-state index contributed by atoms with van der Waals surface area (Å²) >= 11 is 0. The first kappa shape index (κ1) is 23.4. The number of fused-ring (bicyclic) bond motifs is 2. The summed E-state index contributed by atoms with van der Waals surface area (Å²) in [6.07, 6.45) is 3.96. The standard InChI is InChI=1S/C26H30N4O5S/c1-2-36(33,34)30-15-13-28(14-16-30)22-8-7-19(17-27-22)25(9-10-25)24(32)29-12-11-26(18-29)21-6-4-3-5-20(21)23(31)35-26/h3-8,17H,2,9-16,18H2,1H3. The topological polar surface area (TPSA) is 100 Å². The number of hydrogen-bond acceptors (Lipinski definition) is 7. The van der Waals surface area contributed by atoms with Crippen molar-refractivity contribution in [3.05, 3.63) is 59.3 Å². The molecule has 4 aliphatic rings. The molecule has 1 amide bonds. The first-order valence-corrected chi connectivity index (χ1v) is 14.2. The summed E-state index contributed by atoms with van der Waals surface area (Å²) in [6.45, 7) is 4.68. The number of sulfonamides is 1. The Balaban J connectivity index is 1.14. The fourth-order valence-corrected chi connectivity index (χ4v) is 6.98. The van der Waals surface area contributed by atoms with Gasteiger partial charge < -0.3 is 14.5 Å². The van der Waals surface area contributed by atoms with Crippen molar-refractivity contribution in [1.82, 2.24) is 14.2 Å². The van der Waals surface area contributed by atoms with Crippen LogP contribution in [0.3, 0.4) is 0 Å². The van der Waals surface area contributed by atoms with Gasteiger partial charge in [0, 0.05) is 50.9 Å². The average molecular weight is 511 g/mol. The van der Waals surface area contributed by atoms with Crippen molar-refractivity contribution < 1.29 is 22.7 Å². The van der Waals surface area contributed by atoms with Crippen molar-refractivity contribution in [3.8, 4) is 0 Å². The van der Waals surface area contributed by atoms with Gasteiger partial charge in [-0.15, -0.1) is 0 Å². The zero-order valence-electron chi connectivity index (χ0n) is 20.4. The smallest absolute Gasteiger partial charge is 0.339 e. The lowest BCUT2D eigenvalue weighted by molar-refractivity contribution is -0.134. The molecule has 4 heterocycles. The minimum absolute atomic E-state index is 0.0766. The lowest BCUT2D eigenvalue weighted by Crippen LogP contribution is -2.49. The molecule has 190 valence electrons. The summed E-state index contributed by atoms with van der Waals surface area (Å²) < 4.78 is 31.6. The molecule has 1 aromatic heterocycles. The van der Waals surface area contributed by atoms with Gasteiger partial charge in [-0.2, -0.15) is 4.31 Å². The second kappa shape index (κ2) is 8.27. The van der Waals surface area contributed by atoms with Crippen molar-refractivity contribution in [1.29, 1.82) is 0 Å². The van der Waals surface area contributed by atoms with Crippen molar-refractivity contribution in [2.45, 2.75) is 37.2 Å². The quantitative estimate of drug-likeness (QED) is 0.567. The van der Waals surface area contributed by atoms with Crippen LogP contribution in [0.5, 0.6) is 0 Å². The van der Waals surface area contributed by atoms with Gasteiger partial charge in [-0.3, -0.25) is 4.79 Å². The third-order valence-corrected chi connectivity index (χ3v) is 10.1. The predicted octanol–water partition coefficient (Wildman–Crippen LogP) is 1.88. The molecule has 1 spiro atoms. The molecule has 0 N–H and O–H groups in total. The molecule has 1 aromatic carbocycles. The Morgan fingerprint density at radius 1 is 1.03 bits per heavy atom. The molecule has 1 unspecified atom stereocenters. The first-order valence-electron chi connectivity index (χ1n) is 12.6. The van der Waals surface area contributed by atoms with E-state index in [4.69, 9.17) is 4.74 Å². The Hall–Kier alpha value is -2.98. The first-order chi connectivity index (χ1) is 17.3. The van der Waals surface area contributed by atoms with Crippen LogP contribution in [-0.4, -0.2) is 79.5 Å². The molecule has 0 bridgehead atoms. The zero-order chi connectivity index (χ0) is 25.1. The van der Waals surface area contributed by atoms with Crippen LogP contribution in [0.25, 0.3) is 0 Å². The molecule has 6 rings (SSSR count). The Kier molecular flexibility index (Phi) is 5.38. The van der Waals surface area contributed by atoms with E-state index >= 15 is 0 Å². The molecule has 0 radical (unpaired) electrons. The van der Waals surface area contributed by atoms with Crippen LogP contribution >= 0.6 is 0 Å². The highest BCUT2D eigenvalue weighted by atomic mass is 32.2. The minimum Gasteiger partial charge on any atom is -0.449 e. The van der Waals surface area contributed by atoms with Gasteiger partial charge in [-0.05, 0) is 37.5 Å². The number of hydrogen-bond donors (Lipinski definition) is 0. The Bertz CT molecular complexity index is 1320. The van der Waals surface area contributed by atoms with E-state index in [2.05, 4.69) is 9.88 Å². The van der Waals surface area contributed by atoms with E-state index in [1.54, 1.807) is 23.5 Å². The molecule has 3 aliphatic heterocycles. The van der Waals surface area contributed by atoms with E-state index in [1.807, 2.05) is 35.2 Å². The highest BCUT2D eigenvalue weighted by Crippen LogP contribution is 2.52. The zero-order valence-corrected chi connectivity index (χ0v) is 21.2. The summed E-state index contributed by atoms with van der Waals surface area (Å²) in [5, 5.41) is 0. The van der Waals surface area contributed by atoms with Crippen LogP contribution in [0, 0.1) is 0 Å². The van der Waals surface area contributed by atoms with Crippen molar-refractivity contribution in [3.63, 3.8) is 0 Å². The van der Waals surface area contributed by atoms with Crippen LogP contribution in [0.4, 0.5) is 5.82 Å². The Morgan fingerprint density at radius 2 is 1.78 bits per heavy atom. The molecule has 3 fully saturated rings. The molecule has 2 saturated heterocycles. The number of rotatable bonds is 5. The van der Waals surface area contributed by atoms with Crippen molar-refractivity contribution >= 4 is 27.7 Å². The number of carbonyl (C=O) groups is 2. The van der Waals surface area contributed by atoms with Gasteiger partial charge in [0.2, 0.25) is 15.9 Å². The van der Waals surface area contributed by atoms with E-state index in [0.29, 0.717) is 51.3 Å². The van der Waals surface area contributed by atoms with Crippen LogP contribution in [0.1, 0.15) is 47.7 Å². The third kappa shape index (κ3) is 3.61. The van der Waals surface area contributed by atoms with Gasteiger partial charge in [0.1, 0.15) is 5.82 Å². The van der Waals surface area contributed by atoms with E-state index < -0.39 is 21.0 Å². The number of nitrogens with zero attached hydrogens (tertiary/aromatic N) is 4. The van der Waals surface area contributed by atoms with Crippen molar-refractivity contribution in [2.75, 3.05) is 49.9 Å². The number of ether oxygens (including phenoxy) is 1. The minimum atomic E-state index is -3.17. The maximum atomic E-state index is 13.7. The van der Waals surface area contributed by atoms with Gasteiger partial charge in [-0.25, -0.2) is 18.2 Å². The fourth-order valence-electron chi connectivity index (χ4n) is 5.89. The number of likely N-dealkylation sites (tertiary alicyclic amines) is 1. The molecule has 36 heavy (non-hydrogen) atoms. The number of carbonyl (C=O) groups excluding carboxylic acids is 2. The Morgan fingerprint density at radius 3 is 2.44 bits per heavy atom. The number of pyridine rings is 1. The van der Waals surface area contributed by atoms with Crippen LogP contribution in [0.2, 0.25) is 0 Å². The number of aromatic nitrogens is 1. The Labute approximate surface area is 211 Å². The lowest BCUT2D eigenvalue weighted by Gasteiger charge is -2.34. The average Bonchev–Trinajstić information content (AvgIpc) is 3.54. The third-order valence-electron chi connectivity index (χ3n) is 8.23. The van der Waals surface area contributed by atoms with E-state index in [0.717, 1.165) is 29.8 Å². The van der Waals surface area contributed by atoms with Gasteiger partial charge >= 0.3 is 5.97 Å². The molecule has 10 heteroatoms. The molecular formula is C26H30N4O5S. The maximum Gasteiger partial charge on any atom is 0.339 e. The summed E-state index contributed by atoms with van der Waals surface area (Å²) in [4.78, 5) is 34.7. The molecule has 2 aromatic rings. The van der Waals surface area contributed by atoms with Gasteiger partial charge in [0.15, 0.2) is 5.60 Å². The molecule has 1 atom stereocenters. The molecule has 9 nitrogen and oxygen atoms in total. The van der Waals surface area contributed by atoms with Gasteiger partial charge in [-0.1, -0.05) is 24.3 Å². The second-order valence-corrected chi connectivity index (χ2v) is 12.4. The molecular weight excluding hydrogens is 480 g/mol. The van der Waals surface area contributed by atoms with Crippen molar-refractivity contribution in [2.24, 2.45) is 0 Å². The van der Waals surface area contributed by atoms with Crippen LogP contribution in [-0.2, 0) is 30.6 Å². The van der Waals surface area contributed by atoms with Gasteiger partial charge in [0.25, 0.3) is 0 Å². The van der Waals surface area contributed by atoms with E-state index in [-0.39, 0.29) is 17.6 Å². The summed E-state index contributed by atoms with van der Waals surface area (Å²) in [5.41, 5.74) is 1.09.